The topological polar surface area (TPSA) is 32.5 Å². The van der Waals surface area contributed by atoms with E-state index in [1.54, 1.807) is 0 Å². The molecule has 0 aromatic heterocycles. The van der Waals surface area contributed by atoms with E-state index in [0.29, 0.717) is 11.5 Å². The van der Waals surface area contributed by atoms with Crippen LogP contribution in [0.2, 0.25) is 0 Å². The van der Waals surface area contributed by atoms with Crippen molar-refractivity contribution in [3.63, 3.8) is 0 Å². The first-order chi connectivity index (χ1) is 9.38. The summed E-state index contributed by atoms with van der Waals surface area (Å²) < 4.78 is 0. The monoisotopic (exact) mass is 275 g/mol. The summed E-state index contributed by atoms with van der Waals surface area (Å²) in [6.45, 7) is 11.7. The van der Waals surface area contributed by atoms with Gasteiger partial charge in [-0.1, -0.05) is 19.1 Å². The van der Waals surface area contributed by atoms with Crippen LogP contribution in [-0.2, 0) is 0 Å². The highest BCUT2D eigenvalue weighted by Gasteiger charge is 2.30. The summed E-state index contributed by atoms with van der Waals surface area (Å²) in [6, 6.07) is 8.33. The quantitative estimate of drug-likeness (QED) is 0.858. The van der Waals surface area contributed by atoms with Crippen LogP contribution in [-0.4, -0.2) is 48.6 Å². The summed E-state index contributed by atoms with van der Waals surface area (Å²) in [5, 5.41) is 0. The molecule has 2 rings (SSSR count). The number of hydrogen-bond acceptors (Lipinski definition) is 3. The average Bonchev–Trinajstić information content (AvgIpc) is 2.40. The summed E-state index contributed by atoms with van der Waals surface area (Å²) in [5.74, 6) is 0.596. The van der Waals surface area contributed by atoms with Crippen LogP contribution in [0.1, 0.15) is 38.7 Å². The lowest BCUT2D eigenvalue weighted by atomic mass is 9.95. The molecule has 0 bridgehead atoms. The Morgan fingerprint density at radius 1 is 1.20 bits per heavy atom. The van der Waals surface area contributed by atoms with E-state index in [2.05, 4.69) is 49.8 Å². The number of nitrogens with two attached hydrogens (primary N) is 1. The van der Waals surface area contributed by atoms with E-state index >= 15 is 0 Å². The van der Waals surface area contributed by atoms with Gasteiger partial charge in [-0.05, 0) is 57.5 Å². The summed E-state index contributed by atoms with van der Waals surface area (Å²) in [5.41, 5.74) is 8.29. The third-order valence-electron chi connectivity index (χ3n) is 4.78. The average molecular weight is 275 g/mol. The zero-order valence-corrected chi connectivity index (χ0v) is 13.4. The SMILES string of the molecule is CC(CCN1CCN(C)C(C)(C)C1)c1ccc(N)cc1. The Hall–Kier alpha value is -1.06. The molecule has 1 unspecified atom stereocenters. The molecular formula is C17H29N3. The molecule has 3 nitrogen and oxygen atoms in total. The molecule has 1 aliphatic rings. The van der Waals surface area contributed by atoms with Crippen molar-refractivity contribution in [3.05, 3.63) is 29.8 Å². The number of nitrogens with zero attached hydrogens (tertiary/aromatic N) is 2. The van der Waals surface area contributed by atoms with E-state index < -0.39 is 0 Å². The highest BCUT2D eigenvalue weighted by Crippen LogP contribution is 2.23. The molecule has 0 aliphatic carbocycles. The van der Waals surface area contributed by atoms with Gasteiger partial charge in [-0.3, -0.25) is 4.90 Å². The van der Waals surface area contributed by atoms with Crippen LogP contribution >= 0.6 is 0 Å². The second-order valence-electron chi connectivity index (χ2n) is 6.87. The molecule has 20 heavy (non-hydrogen) atoms. The predicted molar refractivity (Wildman–Crippen MR) is 87.0 cm³/mol. The fourth-order valence-electron chi connectivity index (χ4n) is 2.90. The van der Waals surface area contributed by atoms with Crippen LogP contribution in [0.4, 0.5) is 5.69 Å². The third kappa shape index (κ3) is 3.74. The first-order valence-electron chi connectivity index (χ1n) is 7.67. The first kappa shape index (κ1) is 15.3. The number of anilines is 1. The van der Waals surface area contributed by atoms with E-state index in [9.17, 15) is 0 Å². The normalized spacial score (nSPS) is 21.8. The van der Waals surface area contributed by atoms with E-state index in [1.807, 2.05) is 12.1 Å². The summed E-state index contributed by atoms with van der Waals surface area (Å²) in [7, 11) is 2.23. The lowest BCUT2D eigenvalue weighted by Gasteiger charge is -2.45. The molecule has 1 saturated heterocycles. The van der Waals surface area contributed by atoms with Gasteiger partial charge in [-0.25, -0.2) is 0 Å². The third-order valence-corrected chi connectivity index (χ3v) is 4.78. The minimum Gasteiger partial charge on any atom is -0.399 e. The Morgan fingerprint density at radius 2 is 1.85 bits per heavy atom. The Balaban J connectivity index is 1.84. The van der Waals surface area contributed by atoms with Gasteiger partial charge in [0.15, 0.2) is 0 Å². The Labute approximate surface area is 123 Å². The van der Waals surface area contributed by atoms with E-state index in [-0.39, 0.29) is 0 Å². The summed E-state index contributed by atoms with van der Waals surface area (Å²) in [6.07, 6.45) is 1.21. The lowest BCUT2D eigenvalue weighted by molar-refractivity contribution is 0.0388. The van der Waals surface area contributed by atoms with Gasteiger partial charge in [0.1, 0.15) is 0 Å². The molecule has 1 atom stereocenters. The molecule has 0 spiro atoms. The fraction of sp³-hybridized carbons (Fsp3) is 0.647. The Bertz CT molecular complexity index is 424. The van der Waals surface area contributed by atoms with Crippen molar-refractivity contribution in [3.8, 4) is 0 Å². The first-order valence-corrected chi connectivity index (χ1v) is 7.67. The summed E-state index contributed by atoms with van der Waals surface area (Å²) in [4.78, 5) is 5.07. The fourth-order valence-corrected chi connectivity index (χ4v) is 2.90. The molecule has 1 heterocycles. The van der Waals surface area contributed by atoms with Gasteiger partial charge >= 0.3 is 0 Å². The van der Waals surface area contributed by atoms with Gasteiger partial charge in [-0.15, -0.1) is 0 Å². The van der Waals surface area contributed by atoms with Gasteiger partial charge in [0.2, 0.25) is 0 Å². The Kier molecular flexibility index (Phi) is 4.71. The standard InChI is InChI=1S/C17H29N3/c1-14(15-5-7-16(18)8-6-15)9-10-20-12-11-19(4)17(2,3)13-20/h5-8,14H,9-13,18H2,1-4H3. The molecular weight excluding hydrogens is 246 g/mol. The van der Waals surface area contributed by atoms with Crippen molar-refractivity contribution < 1.29 is 0 Å². The molecule has 1 aromatic carbocycles. The Morgan fingerprint density at radius 3 is 2.45 bits per heavy atom. The van der Waals surface area contributed by atoms with Gasteiger partial charge in [0, 0.05) is 30.9 Å². The van der Waals surface area contributed by atoms with E-state index in [0.717, 1.165) is 12.2 Å². The second-order valence-corrected chi connectivity index (χ2v) is 6.87. The van der Waals surface area contributed by atoms with Crippen LogP contribution in [0.5, 0.6) is 0 Å². The predicted octanol–water partition coefficient (Wildman–Crippen LogP) is 2.79. The molecule has 112 valence electrons. The molecule has 0 amide bonds. The highest BCUT2D eigenvalue weighted by molar-refractivity contribution is 5.40. The largest absolute Gasteiger partial charge is 0.399 e. The van der Waals surface area contributed by atoms with Crippen LogP contribution in [0.15, 0.2) is 24.3 Å². The number of piperazine rings is 1. The number of hydrogen-bond donors (Lipinski definition) is 1. The smallest absolute Gasteiger partial charge is 0.0314 e. The van der Waals surface area contributed by atoms with Crippen molar-refractivity contribution in [2.75, 3.05) is 39.0 Å². The number of benzene rings is 1. The molecule has 0 radical (unpaired) electrons. The van der Waals surface area contributed by atoms with Crippen LogP contribution < -0.4 is 5.73 Å². The van der Waals surface area contributed by atoms with Crippen molar-refractivity contribution in [2.24, 2.45) is 0 Å². The lowest BCUT2D eigenvalue weighted by Crippen LogP contribution is -2.57. The van der Waals surface area contributed by atoms with Crippen molar-refractivity contribution in [1.82, 2.24) is 9.80 Å². The molecule has 1 aliphatic heterocycles. The van der Waals surface area contributed by atoms with E-state index in [1.165, 1.54) is 31.6 Å². The summed E-state index contributed by atoms with van der Waals surface area (Å²) >= 11 is 0. The second kappa shape index (κ2) is 6.15. The van der Waals surface area contributed by atoms with Gasteiger partial charge in [0.05, 0.1) is 0 Å². The zero-order valence-electron chi connectivity index (χ0n) is 13.4. The maximum Gasteiger partial charge on any atom is 0.0314 e. The molecule has 3 heteroatoms. The van der Waals surface area contributed by atoms with Crippen LogP contribution in [0, 0.1) is 0 Å². The van der Waals surface area contributed by atoms with Gasteiger partial charge in [-0.2, -0.15) is 0 Å². The minimum atomic E-state index is 0.294. The number of nitrogen functional groups attached to an aromatic ring is 1. The maximum atomic E-state index is 5.75. The molecule has 1 aromatic rings. The minimum absolute atomic E-state index is 0.294. The highest BCUT2D eigenvalue weighted by atomic mass is 15.3. The van der Waals surface area contributed by atoms with Gasteiger partial charge in [0.25, 0.3) is 0 Å². The zero-order chi connectivity index (χ0) is 14.8. The van der Waals surface area contributed by atoms with Crippen molar-refractivity contribution in [2.45, 2.75) is 38.6 Å². The van der Waals surface area contributed by atoms with E-state index in [4.69, 9.17) is 5.73 Å². The van der Waals surface area contributed by atoms with Crippen LogP contribution in [0.25, 0.3) is 0 Å². The molecule has 2 N–H and O–H groups in total. The number of rotatable bonds is 4. The molecule has 1 fully saturated rings. The van der Waals surface area contributed by atoms with Crippen molar-refractivity contribution in [1.29, 1.82) is 0 Å². The molecule has 0 saturated carbocycles. The number of likely N-dealkylation sites (N-methyl/N-ethyl adjacent to an activating group) is 1. The van der Waals surface area contributed by atoms with Gasteiger partial charge < -0.3 is 10.6 Å². The maximum absolute atomic E-state index is 5.75. The van der Waals surface area contributed by atoms with Crippen LogP contribution in [0.3, 0.4) is 0 Å². The van der Waals surface area contributed by atoms with Crippen molar-refractivity contribution >= 4 is 5.69 Å².